The summed E-state index contributed by atoms with van der Waals surface area (Å²) in [5.74, 6) is 1.70. The van der Waals surface area contributed by atoms with Crippen LogP contribution in [0.3, 0.4) is 0 Å². The fraction of sp³-hybridized carbons (Fsp3) is 0.769. The molecule has 1 heterocycles. The standard InChI is InChI=1S/C13H23N3/c1-9(2)7-16-8-10(3)14-12(16)15-11-6-13(11,4)5/h8-9,11H,6-7H2,1-5H3,(H,14,15). The highest BCUT2D eigenvalue weighted by Crippen LogP contribution is 2.46. The van der Waals surface area contributed by atoms with Crippen LogP contribution in [0.5, 0.6) is 0 Å². The zero-order valence-electron chi connectivity index (χ0n) is 11.0. The first-order valence-electron chi connectivity index (χ1n) is 6.19. The van der Waals surface area contributed by atoms with E-state index in [-0.39, 0.29) is 0 Å². The predicted octanol–water partition coefficient (Wildman–Crippen LogP) is 3.06. The van der Waals surface area contributed by atoms with Gasteiger partial charge >= 0.3 is 0 Å². The number of rotatable bonds is 4. The van der Waals surface area contributed by atoms with Gasteiger partial charge in [0, 0.05) is 18.8 Å². The molecule has 90 valence electrons. The number of nitrogens with one attached hydrogen (secondary N) is 1. The monoisotopic (exact) mass is 221 g/mol. The molecule has 1 saturated carbocycles. The highest BCUT2D eigenvalue weighted by Gasteiger charge is 2.46. The molecule has 0 saturated heterocycles. The number of nitrogens with zero attached hydrogens (tertiary/aromatic N) is 2. The summed E-state index contributed by atoms with van der Waals surface area (Å²) in [4.78, 5) is 4.56. The Kier molecular flexibility index (Phi) is 2.72. The molecule has 1 unspecified atom stereocenters. The van der Waals surface area contributed by atoms with Crippen molar-refractivity contribution in [3.63, 3.8) is 0 Å². The van der Waals surface area contributed by atoms with Gasteiger partial charge in [-0.3, -0.25) is 0 Å². The molecule has 1 aromatic heterocycles. The Labute approximate surface area is 98.3 Å². The number of hydrogen-bond acceptors (Lipinski definition) is 2. The van der Waals surface area contributed by atoms with Gasteiger partial charge in [0.1, 0.15) is 0 Å². The van der Waals surface area contributed by atoms with Crippen LogP contribution < -0.4 is 5.32 Å². The molecule has 16 heavy (non-hydrogen) atoms. The van der Waals surface area contributed by atoms with E-state index in [2.05, 4.69) is 55.7 Å². The maximum absolute atomic E-state index is 4.56. The van der Waals surface area contributed by atoms with Gasteiger partial charge in [-0.2, -0.15) is 0 Å². The minimum Gasteiger partial charge on any atom is -0.352 e. The molecular weight excluding hydrogens is 198 g/mol. The fourth-order valence-corrected chi connectivity index (χ4v) is 2.06. The van der Waals surface area contributed by atoms with Crippen molar-refractivity contribution in [1.29, 1.82) is 0 Å². The van der Waals surface area contributed by atoms with Crippen molar-refractivity contribution in [2.24, 2.45) is 11.3 Å². The third kappa shape index (κ3) is 2.39. The lowest BCUT2D eigenvalue weighted by Gasteiger charge is -2.12. The van der Waals surface area contributed by atoms with Gasteiger partial charge < -0.3 is 9.88 Å². The first kappa shape index (κ1) is 11.5. The van der Waals surface area contributed by atoms with Crippen molar-refractivity contribution >= 4 is 5.95 Å². The van der Waals surface area contributed by atoms with Gasteiger partial charge in [-0.25, -0.2) is 4.98 Å². The molecule has 1 aromatic rings. The Morgan fingerprint density at radius 2 is 2.19 bits per heavy atom. The Balaban J connectivity index is 2.08. The number of imidazole rings is 1. The van der Waals surface area contributed by atoms with Crippen molar-refractivity contribution in [2.75, 3.05) is 5.32 Å². The van der Waals surface area contributed by atoms with E-state index in [4.69, 9.17) is 0 Å². The number of anilines is 1. The van der Waals surface area contributed by atoms with Crippen molar-refractivity contribution in [3.05, 3.63) is 11.9 Å². The lowest BCUT2D eigenvalue weighted by atomic mass is 10.2. The molecule has 2 rings (SSSR count). The third-order valence-corrected chi connectivity index (χ3v) is 3.28. The van der Waals surface area contributed by atoms with E-state index in [0.29, 0.717) is 17.4 Å². The van der Waals surface area contributed by atoms with Crippen LogP contribution in [0.4, 0.5) is 5.95 Å². The molecule has 0 spiro atoms. The van der Waals surface area contributed by atoms with E-state index in [1.165, 1.54) is 6.42 Å². The minimum absolute atomic E-state index is 0.447. The van der Waals surface area contributed by atoms with E-state index < -0.39 is 0 Å². The predicted molar refractivity (Wildman–Crippen MR) is 67.6 cm³/mol. The lowest BCUT2D eigenvalue weighted by Crippen LogP contribution is -2.14. The maximum atomic E-state index is 4.56. The van der Waals surface area contributed by atoms with Gasteiger partial charge in [-0.1, -0.05) is 27.7 Å². The van der Waals surface area contributed by atoms with E-state index in [1.807, 2.05) is 0 Å². The van der Waals surface area contributed by atoms with Gasteiger partial charge in [-0.05, 0) is 24.7 Å². The van der Waals surface area contributed by atoms with Crippen LogP contribution in [0.2, 0.25) is 0 Å². The summed E-state index contributed by atoms with van der Waals surface area (Å²) >= 11 is 0. The molecule has 1 N–H and O–H groups in total. The van der Waals surface area contributed by atoms with E-state index in [0.717, 1.165) is 18.2 Å². The topological polar surface area (TPSA) is 29.9 Å². The molecular formula is C13H23N3. The average molecular weight is 221 g/mol. The van der Waals surface area contributed by atoms with Crippen LogP contribution in [-0.4, -0.2) is 15.6 Å². The second kappa shape index (κ2) is 3.79. The molecule has 0 radical (unpaired) electrons. The molecule has 3 heteroatoms. The van der Waals surface area contributed by atoms with E-state index in [1.54, 1.807) is 0 Å². The Morgan fingerprint density at radius 1 is 1.56 bits per heavy atom. The second-order valence-corrected chi connectivity index (χ2v) is 6.14. The quantitative estimate of drug-likeness (QED) is 0.847. The first-order chi connectivity index (χ1) is 7.38. The molecule has 3 nitrogen and oxygen atoms in total. The highest BCUT2D eigenvalue weighted by atomic mass is 15.2. The van der Waals surface area contributed by atoms with E-state index >= 15 is 0 Å². The molecule has 1 aliphatic carbocycles. The number of aryl methyl sites for hydroxylation is 1. The zero-order valence-corrected chi connectivity index (χ0v) is 11.0. The summed E-state index contributed by atoms with van der Waals surface area (Å²) in [7, 11) is 0. The summed E-state index contributed by atoms with van der Waals surface area (Å²) in [5.41, 5.74) is 1.55. The average Bonchev–Trinajstić information content (AvgIpc) is 2.54. The minimum atomic E-state index is 0.447. The van der Waals surface area contributed by atoms with Gasteiger partial charge in [0.05, 0.1) is 5.69 Å². The molecule has 1 fully saturated rings. The van der Waals surface area contributed by atoms with Crippen LogP contribution in [0, 0.1) is 18.3 Å². The van der Waals surface area contributed by atoms with Crippen LogP contribution in [0.1, 0.15) is 39.8 Å². The smallest absolute Gasteiger partial charge is 0.203 e. The Bertz CT molecular complexity index is 377. The lowest BCUT2D eigenvalue weighted by molar-refractivity contribution is 0.524. The van der Waals surface area contributed by atoms with Crippen LogP contribution in [-0.2, 0) is 6.54 Å². The molecule has 0 aromatic carbocycles. The van der Waals surface area contributed by atoms with Gasteiger partial charge in [0.25, 0.3) is 0 Å². The third-order valence-electron chi connectivity index (χ3n) is 3.28. The summed E-state index contributed by atoms with van der Waals surface area (Å²) in [6, 6.07) is 0.597. The second-order valence-electron chi connectivity index (χ2n) is 6.14. The van der Waals surface area contributed by atoms with Gasteiger partial charge in [0.15, 0.2) is 0 Å². The maximum Gasteiger partial charge on any atom is 0.203 e. The van der Waals surface area contributed by atoms with E-state index in [9.17, 15) is 0 Å². The van der Waals surface area contributed by atoms with Gasteiger partial charge in [-0.15, -0.1) is 0 Å². The molecule has 0 bridgehead atoms. The van der Waals surface area contributed by atoms with Crippen molar-refractivity contribution < 1.29 is 0 Å². The highest BCUT2D eigenvalue weighted by molar-refractivity contribution is 5.34. The normalized spacial score (nSPS) is 22.5. The largest absolute Gasteiger partial charge is 0.352 e. The van der Waals surface area contributed by atoms with Crippen molar-refractivity contribution in [1.82, 2.24) is 9.55 Å². The SMILES string of the molecule is Cc1cn(CC(C)C)c(NC2CC2(C)C)n1. The summed E-state index contributed by atoms with van der Waals surface area (Å²) in [5, 5.41) is 3.55. The number of hydrogen-bond donors (Lipinski definition) is 1. The molecule has 0 aliphatic heterocycles. The molecule has 0 amide bonds. The van der Waals surface area contributed by atoms with Crippen molar-refractivity contribution in [3.8, 4) is 0 Å². The summed E-state index contributed by atoms with van der Waals surface area (Å²) in [6.45, 7) is 12.2. The summed E-state index contributed by atoms with van der Waals surface area (Å²) < 4.78 is 2.24. The zero-order chi connectivity index (χ0) is 11.9. The van der Waals surface area contributed by atoms with Crippen LogP contribution in [0.25, 0.3) is 0 Å². The summed E-state index contributed by atoms with van der Waals surface area (Å²) in [6.07, 6.45) is 3.39. The number of aromatic nitrogens is 2. The van der Waals surface area contributed by atoms with Crippen LogP contribution >= 0.6 is 0 Å². The Hall–Kier alpha value is -0.990. The first-order valence-corrected chi connectivity index (χ1v) is 6.19. The fourth-order valence-electron chi connectivity index (χ4n) is 2.06. The van der Waals surface area contributed by atoms with Crippen molar-refractivity contribution in [2.45, 2.75) is 53.6 Å². The Morgan fingerprint density at radius 3 is 2.69 bits per heavy atom. The molecule has 1 atom stereocenters. The molecule has 1 aliphatic rings. The van der Waals surface area contributed by atoms with Crippen LogP contribution in [0.15, 0.2) is 6.20 Å². The van der Waals surface area contributed by atoms with Gasteiger partial charge in [0.2, 0.25) is 5.95 Å².